The Bertz CT molecular complexity index is 2750. The molecule has 0 aliphatic rings. The largest absolute Gasteiger partial charge is 0.454 e. The standard InChI is InChI=1S/C46H28OS/c1-4-15-29(16-5-1)40-32-21-10-12-23-34(32)42(35-24-13-11-22-33(35)40)36-25-14-26-39-43(36)38-28-27-37-41(30-17-6-2-7-18-30)44(31-19-8-3-9-20-31)47-45(37)46(38)48-39/h1-28H. The Morgan fingerprint density at radius 2 is 0.854 bits per heavy atom. The SMILES string of the molecule is c1ccc(-c2oc3c(ccc4c3sc3cccc(-c5c6ccccc6c(-c6ccccc6)c6ccccc56)c34)c2-c2ccccc2)cc1. The Balaban J connectivity index is 1.31. The van der Waals surface area contributed by atoms with Gasteiger partial charge in [0.25, 0.3) is 0 Å². The zero-order valence-electron chi connectivity index (χ0n) is 26.0. The smallest absolute Gasteiger partial charge is 0.153 e. The van der Waals surface area contributed by atoms with Crippen molar-refractivity contribution < 1.29 is 4.42 Å². The minimum Gasteiger partial charge on any atom is -0.454 e. The van der Waals surface area contributed by atoms with Gasteiger partial charge in [-0.15, -0.1) is 11.3 Å². The monoisotopic (exact) mass is 628 g/mol. The predicted molar refractivity (Wildman–Crippen MR) is 206 cm³/mol. The highest BCUT2D eigenvalue weighted by atomic mass is 32.1. The highest BCUT2D eigenvalue weighted by molar-refractivity contribution is 7.26. The molecule has 0 amide bonds. The summed E-state index contributed by atoms with van der Waals surface area (Å²) in [6.45, 7) is 0. The molecule has 0 atom stereocenters. The van der Waals surface area contributed by atoms with E-state index in [0.29, 0.717) is 0 Å². The van der Waals surface area contributed by atoms with E-state index in [2.05, 4.69) is 170 Å². The highest BCUT2D eigenvalue weighted by Crippen LogP contribution is 2.51. The van der Waals surface area contributed by atoms with Gasteiger partial charge in [-0.05, 0) is 61.5 Å². The van der Waals surface area contributed by atoms with Gasteiger partial charge in [0.05, 0.1) is 4.70 Å². The van der Waals surface area contributed by atoms with E-state index in [-0.39, 0.29) is 0 Å². The molecule has 0 saturated heterocycles. The lowest BCUT2D eigenvalue weighted by Gasteiger charge is -2.18. The molecule has 0 aliphatic carbocycles. The van der Waals surface area contributed by atoms with E-state index in [0.717, 1.165) is 33.4 Å². The summed E-state index contributed by atoms with van der Waals surface area (Å²) >= 11 is 1.83. The van der Waals surface area contributed by atoms with Crippen LogP contribution >= 0.6 is 11.3 Å². The van der Waals surface area contributed by atoms with Crippen molar-refractivity contribution in [2.75, 3.05) is 0 Å². The Morgan fingerprint density at radius 3 is 1.46 bits per heavy atom. The van der Waals surface area contributed by atoms with Gasteiger partial charge in [-0.25, -0.2) is 0 Å². The minimum absolute atomic E-state index is 0.912. The molecule has 2 heterocycles. The second kappa shape index (κ2) is 10.8. The van der Waals surface area contributed by atoms with Gasteiger partial charge in [0.15, 0.2) is 5.58 Å². The molecule has 0 bridgehead atoms. The maximum absolute atomic E-state index is 6.94. The number of fused-ring (bicyclic) bond motifs is 7. The van der Waals surface area contributed by atoms with E-state index >= 15 is 0 Å². The van der Waals surface area contributed by atoms with E-state index in [4.69, 9.17) is 4.42 Å². The molecule has 0 spiro atoms. The van der Waals surface area contributed by atoms with E-state index in [9.17, 15) is 0 Å². The fourth-order valence-electron chi connectivity index (χ4n) is 7.67. The number of thiophene rings is 1. The van der Waals surface area contributed by atoms with Gasteiger partial charge < -0.3 is 4.42 Å². The van der Waals surface area contributed by atoms with Crippen LogP contribution in [0.4, 0.5) is 0 Å². The molecule has 0 radical (unpaired) electrons. The normalized spacial score (nSPS) is 11.8. The van der Waals surface area contributed by atoms with Crippen molar-refractivity contribution in [2.24, 2.45) is 0 Å². The first-order valence-corrected chi connectivity index (χ1v) is 17.2. The van der Waals surface area contributed by atoms with Crippen molar-refractivity contribution in [1.82, 2.24) is 0 Å². The third kappa shape index (κ3) is 4.03. The van der Waals surface area contributed by atoms with Gasteiger partial charge in [0.2, 0.25) is 0 Å². The lowest BCUT2D eigenvalue weighted by atomic mass is 9.85. The molecule has 2 heteroatoms. The van der Waals surface area contributed by atoms with Gasteiger partial charge in [-0.2, -0.15) is 0 Å². The van der Waals surface area contributed by atoms with Crippen LogP contribution < -0.4 is 0 Å². The quantitative estimate of drug-likeness (QED) is 0.177. The topological polar surface area (TPSA) is 13.1 Å². The molecular weight excluding hydrogens is 601 g/mol. The summed E-state index contributed by atoms with van der Waals surface area (Å²) in [5.74, 6) is 0.912. The second-order valence-corrected chi connectivity index (χ2v) is 13.4. The first-order valence-electron chi connectivity index (χ1n) is 16.4. The lowest BCUT2D eigenvalue weighted by molar-refractivity contribution is 0.636. The molecule has 48 heavy (non-hydrogen) atoms. The third-order valence-corrected chi connectivity index (χ3v) is 10.9. The molecule has 0 unspecified atom stereocenters. The molecule has 2 aromatic heterocycles. The molecule has 0 saturated carbocycles. The van der Waals surface area contributed by atoms with Crippen molar-refractivity contribution in [3.05, 3.63) is 170 Å². The first kappa shape index (κ1) is 27.2. The maximum Gasteiger partial charge on any atom is 0.153 e. The first-order chi connectivity index (χ1) is 23.8. The highest BCUT2D eigenvalue weighted by Gasteiger charge is 2.23. The number of rotatable bonds is 4. The van der Waals surface area contributed by atoms with Gasteiger partial charge >= 0.3 is 0 Å². The number of benzene rings is 8. The molecule has 10 rings (SSSR count). The molecule has 10 aromatic rings. The van der Waals surface area contributed by atoms with E-state index in [1.807, 2.05) is 11.3 Å². The summed E-state index contributed by atoms with van der Waals surface area (Å²) in [6.07, 6.45) is 0. The van der Waals surface area contributed by atoms with Gasteiger partial charge in [0.1, 0.15) is 5.76 Å². The molecule has 224 valence electrons. The summed E-state index contributed by atoms with van der Waals surface area (Å²) < 4.78 is 9.39. The van der Waals surface area contributed by atoms with Crippen LogP contribution in [0, 0.1) is 0 Å². The summed E-state index contributed by atoms with van der Waals surface area (Å²) in [4.78, 5) is 0. The van der Waals surface area contributed by atoms with Crippen LogP contribution in [-0.2, 0) is 0 Å². The predicted octanol–water partition coefficient (Wildman–Crippen LogP) is 13.8. The Labute approximate surface area is 282 Å². The van der Waals surface area contributed by atoms with Gasteiger partial charge in [-0.1, -0.05) is 158 Å². The zero-order chi connectivity index (χ0) is 31.6. The fourth-order valence-corrected chi connectivity index (χ4v) is 8.88. The van der Waals surface area contributed by atoms with E-state index < -0.39 is 0 Å². The fraction of sp³-hybridized carbons (Fsp3) is 0. The number of hydrogen-bond acceptors (Lipinski definition) is 2. The molecule has 8 aromatic carbocycles. The Hall–Kier alpha value is -5.96. The zero-order valence-corrected chi connectivity index (χ0v) is 26.8. The summed E-state index contributed by atoms with van der Waals surface area (Å²) in [6, 6.07) is 61.1. The van der Waals surface area contributed by atoms with Crippen LogP contribution in [-0.4, -0.2) is 0 Å². The number of furan rings is 1. The minimum atomic E-state index is 0.912. The molecule has 1 nitrogen and oxygen atoms in total. The second-order valence-electron chi connectivity index (χ2n) is 12.3. The lowest BCUT2D eigenvalue weighted by Crippen LogP contribution is -1.91. The Morgan fingerprint density at radius 1 is 0.354 bits per heavy atom. The molecule has 0 aliphatic heterocycles. The summed E-state index contributed by atoms with van der Waals surface area (Å²) in [7, 11) is 0. The van der Waals surface area contributed by atoms with Gasteiger partial charge in [0, 0.05) is 32.0 Å². The average Bonchev–Trinajstić information content (AvgIpc) is 3.74. The van der Waals surface area contributed by atoms with Crippen molar-refractivity contribution in [3.8, 4) is 44.7 Å². The van der Waals surface area contributed by atoms with Crippen LogP contribution in [0.2, 0.25) is 0 Å². The van der Waals surface area contributed by atoms with Crippen LogP contribution in [0.5, 0.6) is 0 Å². The van der Waals surface area contributed by atoms with E-state index in [1.165, 1.54) is 64.0 Å². The molecular formula is C46H28OS. The summed E-state index contributed by atoms with van der Waals surface area (Å²) in [5.41, 5.74) is 9.39. The van der Waals surface area contributed by atoms with E-state index in [1.54, 1.807) is 0 Å². The third-order valence-electron chi connectivity index (χ3n) is 9.68. The van der Waals surface area contributed by atoms with Crippen LogP contribution in [0.3, 0.4) is 0 Å². The van der Waals surface area contributed by atoms with Crippen molar-refractivity contribution in [1.29, 1.82) is 0 Å². The molecule has 0 N–H and O–H groups in total. The molecule has 0 fully saturated rings. The Kier molecular flexibility index (Phi) is 6.12. The van der Waals surface area contributed by atoms with Crippen LogP contribution in [0.25, 0.3) is 97.4 Å². The van der Waals surface area contributed by atoms with Crippen molar-refractivity contribution in [2.45, 2.75) is 0 Å². The summed E-state index contributed by atoms with van der Waals surface area (Å²) in [5, 5.41) is 8.71. The van der Waals surface area contributed by atoms with Crippen molar-refractivity contribution >= 4 is 64.0 Å². The number of hydrogen-bond donors (Lipinski definition) is 0. The average molecular weight is 629 g/mol. The van der Waals surface area contributed by atoms with Crippen LogP contribution in [0.15, 0.2) is 174 Å². The van der Waals surface area contributed by atoms with Gasteiger partial charge in [-0.3, -0.25) is 0 Å². The van der Waals surface area contributed by atoms with Crippen molar-refractivity contribution in [3.63, 3.8) is 0 Å². The maximum atomic E-state index is 6.94. The van der Waals surface area contributed by atoms with Crippen LogP contribution in [0.1, 0.15) is 0 Å².